The van der Waals surface area contributed by atoms with Gasteiger partial charge in [-0.15, -0.1) is 11.8 Å². The molecule has 1 atom stereocenters. The van der Waals surface area contributed by atoms with Crippen molar-refractivity contribution in [3.63, 3.8) is 0 Å². The molecule has 0 bridgehead atoms. The maximum atomic E-state index is 11.9. The number of carbonyl (C=O) groups is 1. The molecule has 100 valence electrons. The number of thioether (sulfide) groups is 1. The lowest BCUT2D eigenvalue weighted by molar-refractivity contribution is -0.124. The van der Waals surface area contributed by atoms with Gasteiger partial charge < -0.3 is 10.5 Å². The monoisotopic (exact) mass is 260 g/mol. The summed E-state index contributed by atoms with van der Waals surface area (Å²) in [5.74, 6) is 0.369. The summed E-state index contributed by atoms with van der Waals surface area (Å²) in [5.41, 5.74) is -0.263. The zero-order chi connectivity index (χ0) is 13.5. The molecule has 2 N–H and O–H groups in total. The topological polar surface area (TPSA) is 61.7 Å². The van der Waals surface area contributed by atoms with Crippen LogP contribution in [0.4, 0.5) is 0 Å². The van der Waals surface area contributed by atoms with E-state index in [0.717, 1.165) is 18.6 Å². The molecule has 5 heteroatoms. The molecule has 0 radical (unpaired) electrons. The number of hydrogen-bond acceptors (Lipinski definition) is 4. The number of unbranched alkanes of at least 4 members (excludes halogenated alkanes) is 1. The van der Waals surface area contributed by atoms with Gasteiger partial charge in [-0.1, -0.05) is 39.3 Å². The van der Waals surface area contributed by atoms with E-state index in [9.17, 15) is 4.79 Å². The van der Waals surface area contributed by atoms with Gasteiger partial charge in [-0.05, 0) is 17.6 Å². The molecule has 1 amide bonds. The van der Waals surface area contributed by atoms with Gasteiger partial charge in [-0.2, -0.15) is 0 Å². The summed E-state index contributed by atoms with van der Waals surface area (Å²) in [7, 11) is 1.60. The number of nitrogens with one attached hydrogen (secondary N) is 1. The maximum absolute atomic E-state index is 11.9. The number of carbonyl (C=O) groups excluding carboxylic acids is 1. The Morgan fingerprint density at radius 1 is 1.47 bits per heavy atom. The Morgan fingerprint density at radius 3 is 2.41 bits per heavy atom. The fraction of sp³-hybridized carbons (Fsp3) is 0.833. The fourth-order valence-electron chi connectivity index (χ4n) is 1.51. The van der Waals surface area contributed by atoms with E-state index in [4.69, 9.17) is 5.21 Å². The molecule has 0 aromatic heterocycles. The first kappa shape index (κ1) is 16.3. The summed E-state index contributed by atoms with van der Waals surface area (Å²) in [6, 6.07) is 0. The van der Waals surface area contributed by atoms with E-state index >= 15 is 0 Å². The zero-order valence-corrected chi connectivity index (χ0v) is 12.2. The first-order valence-electron chi connectivity index (χ1n) is 5.94. The van der Waals surface area contributed by atoms with Crippen LogP contribution in [0.1, 0.15) is 40.5 Å². The van der Waals surface area contributed by atoms with Gasteiger partial charge in [0.15, 0.2) is 0 Å². The predicted molar refractivity (Wildman–Crippen MR) is 73.6 cm³/mol. The van der Waals surface area contributed by atoms with Crippen LogP contribution in [0, 0.1) is 11.3 Å². The van der Waals surface area contributed by atoms with Gasteiger partial charge in [0.2, 0.25) is 5.91 Å². The molecular formula is C12H24N2O2S. The van der Waals surface area contributed by atoms with Crippen LogP contribution >= 0.6 is 11.8 Å². The second kappa shape index (κ2) is 7.58. The Labute approximate surface area is 108 Å². The van der Waals surface area contributed by atoms with Crippen molar-refractivity contribution in [3.05, 3.63) is 0 Å². The molecule has 0 saturated carbocycles. The van der Waals surface area contributed by atoms with Crippen LogP contribution < -0.4 is 5.32 Å². The molecule has 4 nitrogen and oxygen atoms in total. The van der Waals surface area contributed by atoms with Gasteiger partial charge in [-0.3, -0.25) is 4.79 Å². The third kappa shape index (κ3) is 5.44. The summed E-state index contributed by atoms with van der Waals surface area (Å²) >= 11 is 1.46. The molecule has 0 spiro atoms. The Hall–Kier alpha value is -0.710. The fourth-order valence-corrected chi connectivity index (χ4v) is 2.84. The summed E-state index contributed by atoms with van der Waals surface area (Å²) < 4.78 is 0. The minimum atomic E-state index is -0.403. The summed E-state index contributed by atoms with van der Waals surface area (Å²) in [6.07, 6.45) is 2.14. The molecule has 17 heavy (non-hydrogen) atoms. The summed E-state index contributed by atoms with van der Waals surface area (Å²) in [5, 5.41) is 15.5. The average molecular weight is 260 g/mol. The van der Waals surface area contributed by atoms with Crippen LogP contribution in [0.15, 0.2) is 5.16 Å². The molecule has 1 unspecified atom stereocenters. The quantitative estimate of drug-likeness (QED) is 0.263. The Morgan fingerprint density at radius 2 is 2.06 bits per heavy atom. The molecule has 0 aromatic rings. The summed E-state index contributed by atoms with van der Waals surface area (Å²) in [4.78, 5) is 11.9. The minimum Gasteiger partial charge on any atom is -0.410 e. The number of nitrogens with zero attached hydrogens (tertiary/aromatic N) is 1. The second-order valence-corrected chi connectivity index (χ2v) is 6.17. The third-order valence-corrected chi connectivity index (χ3v) is 3.57. The van der Waals surface area contributed by atoms with Crippen LogP contribution in [-0.2, 0) is 4.79 Å². The number of hydrogen-bond donors (Lipinski definition) is 2. The SMILES string of the molecule is CCCCS/C(=N\O)C(C(=O)NC)C(C)(C)C. The Kier molecular flexibility index (Phi) is 7.27. The minimum absolute atomic E-state index is 0.103. The highest BCUT2D eigenvalue weighted by Crippen LogP contribution is 2.31. The number of oxime groups is 1. The van der Waals surface area contributed by atoms with Crippen molar-refractivity contribution in [3.8, 4) is 0 Å². The van der Waals surface area contributed by atoms with E-state index in [1.54, 1.807) is 7.05 Å². The predicted octanol–water partition coefficient (Wildman–Crippen LogP) is 2.72. The number of amides is 1. The molecule has 0 aliphatic rings. The molecular weight excluding hydrogens is 236 g/mol. The van der Waals surface area contributed by atoms with Gasteiger partial charge in [0.05, 0.1) is 5.92 Å². The highest BCUT2D eigenvalue weighted by Gasteiger charge is 2.35. The lowest BCUT2D eigenvalue weighted by atomic mass is 9.80. The van der Waals surface area contributed by atoms with Gasteiger partial charge in [0.1, 0.15) is 5.04 Å². The smallest absolute Gasteiger partial charge is 0.230 e. The Bertz CT molecular complexity index is 272. The zero-order valence-electron chi connectivity index (χ0n) is 11.4. The average Bonchev–Trinajstić information content (AvgIpc) is 2.25. The molecule has 0 rings (SSSR count). The van der Waals surface area contributed by atoms with Crippen molar-refractivity contribution in [1.82, 2.24) is 5.32 Å². The van der Waals surface area contributed by atoms with Crippen molar-refractivity contribution in [2.45, 2.75) is 40.5 Å². The van der Waals surface area contributed by atoms with Crippen LogP contribution in [-0.4, -0.2) is 29.0 Å². The van der Waals surface area contributed by atoms with Crippen molar-refractivity contribution in [2.24, 2.45) is 16.5 Å². The first-order chi connectivity index (χ1) is 7.88. The van der Waals surface area contributed by atoms with Crippen LogP contribution in [0.3, 0.4) is 0 Å². The van der Waals surface area contributed by atoms with Gasteiger partial charge in [0, 0.05) is 7.05 Å². The van der Waals surface area contributed by atoms with E-state index in [2.05, 4.69) is 17.4 Å². The van der Waals surface area contributed by atoms with E-state index in [-0.39, 0.29) is 11.3 Å². The third-order valence-electron chi connectivity index (χ3n) is 2.47. The number of rotatable bonds is 5. The van der Waals surface area contributed by atoms with Crippen molar-refractivity contribution in [2.75, 3.05) is 12.8 Å². The highest BCUT2D eigenvalue weighted by molar-refractivity contribution is 8.14. The lowest BCUT2D eigenvalue weighted by Gasteiger charge is -2.29. The van der Waals surface area contributed by atoms with Gasteiger partial charge >= 0.3 is 0 Å². The largest absolute Gasteiger partial charge is 0.410 e. The maximum Gasteiger partial charge on any atom is 0.230 e. The second-order valence-electron chi connectivity index (χ2n) is 5.05. The van der Waals surface area contributed by atoms with Gasteiger partial charge in [0.25, 0.3) is 0 Å². The van der Waals surface area contributed by atoms with E-state index in [1.165, 1.54) is 11.8 Å². The van der Waals surface area contributed by atoms with E-state index in [1.807, 2.05) is 20.8 Å². The van der Waals surface area contributed by atoms with Crippen molar-refractivity contribution < 1.29 is 10.0 Å². The van der Waals surface area contributed by atoms with E-state index in [0.29, 0.717) is 5.04 Å². The Balaban J connectivity index is 4.82. The van der Waals surface area contributed by atoms with Crippen LogP contribution in [0.2, 0.25) is 0 Å². The first-order valence-corrected chi connectivity index (χ1v) is 6.93. The molecule has 0 aliphatic heterocycles. The van der Waals surface area contributed by atoms with Crippen molar-refractivity contribution >= 4 is 22.7 Å². The molecule has 0 saturated heterocycles. The standard InChI is InChI=1S/C12H24N2O2S/c1-6-7-8-17-11(14-16)9(10(15)13-5)12(2,3)4/h9,16H,6-8H2,1-5H3,(H,13,15)/b14-11-. The molecule has 0 aromatic carbocycles. The lowest BCUT2D eigenvalue weighted by Crippen LogP contribution is -2.40. The van der Waals surface area contributed by atoms with Crippen LogP contribution in [0.25, 0.3) is 0 Å². The van der Waals surface area contributed by atoms with E-state index < -0.39 is 5.92 Å². The molecule has 0 heterocycles. The van der Waals surface area contributed by atoms with Crippen molar-refractivity contribution in [1.29, 1.82) is 0 Å². The molecule has 0 fully saturated rings. The van der Waals surface area contributed by atoms with Crippen LogP contribution in [0.5, 0.6) is 0 Å². The normalized spacial score (nSPS) is 14.5. The van der Waals surface area contributed by atoms with Gasteiger partial charge in [-0.25, -0.2) is 0 Å². The molecule has 0 aliphatic carbocycles. The summed E-state index contributed by atoms with van der Waals surface area (Å²) in [6.45, 7) is 8.02. The highest BCUT2D eigenvalue weighted by atomic mass is 32.2.